The van der Waals surface area contributed by atoms with Gasteiger partial charge in [-0.1, -0.05) is 6.42 Å². The van der Waals surface area contributed by atoms with Gasteiger partial charge in [-0.3, -0.25) is 4.90 Å². The third kappa shape index (κ3) is 2.79. The van der Waals surface area contributed by atoms with Crippen molar-refractivity contribution in [2.75, 3.05) is 26.2 Å². The molecule has 0 saturated carbocycles. The van der Waals surface area contributed by atoms with Crippen molar-refractivity contribution in [3.8, 4) is 6.07 Å². The molecular weight excluding hydrogens is 288 g/mol. The first kappa shape index (κ1) is 14.4. The smallest absolute Gasteiger partial charge is 0.244 e. The Labute approximate surface area is 125 Å². The van der Waals surface area contributed by atoms with Gasteiger partial charge in [0, 0.05) is 31.9 Å². The zero-order valence-corrected chi connectivity index (χ0v) is 12.6. The fraction of sp³-hybridized carbons (Fsp3) is 0.571. The van der Waals surface area contributed by atoms with Crippen LogP contribution in [0.3, 0.4) is 0 Å². The second-order valence-corrected chi connectivity index (χ2v) is 7.48. The van der Waals surface area contributed by atoms with E-state index in [1.165, 1.54) is 31.2 Å². The first-order valence-corrected chi connectivity index (χ1v) is 8.65. The highest BCUT2D eigenvalue weighted by Crippen LogP contribution is 2.25. The number of nitrogens with zero attached hydrogens (tertiary/aromatic N) is 4. The highest BCUT2D eigenvalue weighted by Gasteiger charge is 2.35. The van der Waals surface area contributed by atoms with Gasteiger partial charge in [-0.05, 0) is 31.5 Å². The molecule has 2 aliphatic heterocycles. The molecule has 0 spiro atoms. The van der Waals surface area contributed by atoms with Gasteiger partial charge >= 0.3 is 0 Å². The van der Waals surface area contributed by atoms with E-state index in [1.807, 2.05) is 6.07 Å². The molecule has 3 heterocycles. The topological polar surface area (TPSA) is 77.3 Å². The maximum atomic E-state index is 12.6. The average Bonchev–Trinajstić information content (AvgIpc) is 2.54. The van der Waals surface area contributed by atoms with Crippen molar-refractivity contribution in [2.45, 2.75) is 30.2 Å². The van der Waals surface area contributed by atoms with Crippen molar-refractivity contribution in [3.63, 3.8) is 0 Å². The minimum Gasteiger partial charge on any atom is -0.298 e. The highest BCUT2D eigenvalue weighted by atomic mass is 32.2. The van der Waals surface area contributed by atoms with Gasteiger partial charge in [0.1, 0.15) is 16.7 Å². The molecule has 1 aromatic rings. The molecule has 0 N–H and O–H groups in total. The molecule has 0 bridgehead atoms. The Morgan fingerprint density at radius 3 is 2.81 bits per heavy atom. The van der Waals surface area contributed by atoms with E-state index in [0.29, 0.717) is 19.1 Å². The molecule has 1 unspecified atom stereocenters. The van der Waals surface area contributed by atoms with Gasteiger partial charge in [0.05, 0.1) is 0 Å². The molecule has 3 rings (SSSR count). The number of fused-ring (bicyclic) bond motifs is 1. The van der Waals surface area contributed by atoms with E-state index < -0.39 is 10.0 Å². The van der Waals surface area contributed by atoms with Crippen molar-refractivity contribution in [2.24, 2.45) is 0 Å². The lowest BCUT2D eigenvalue weighted by molar-refractivity contribution is 0.0851. The van der Waals surface area contributed by atoms with E-state index in [1.54, 1.807) is 4.31 Å². The number of rotatable bonds is 2. The van der Waals surface area contributed by atoms with Gasteiger partial charge in [0.2, 0.25) is 10.0 Å². The lowest BCUT2D eigenvalue weighted by atomic mass is 10.0. The summed E-state index contributed by atoms with van der Waals surface area (Å²) in [6.45, 7) is 2.96. The molecule has 2 fully saturated rings. The maximum absolute atomic E-state index is 12.6. The van der Waals surface area contributed by atoms with Crippen LogP contribution in [0.25, 0.3) is 0 Å². The van der Waals surface area contributed by atoms with Crippen LogP contribution in [0.15, 0.2) is 23.2 Å². The van der Waals surface area contributed by atoms with Crippen LogP contribution in [0, 0.1) is 11.3 Å². The molecule has 0 radical (unpaired) electrons. The molecule has 0 amide bonds. The summed E-state index contributed by atoms with van der Waals surface area (Å²) in [6.07, 6.45) is 4.73. The van der Waals surface area contributed by atoms with Gasteiger partial charge in [-0.15, -0.1) is 0 Å². The molecule has 2 aliphatic rings. The van der Waals surface area contributed by atoms with Crippen LogP contribution in [0.5, 0.6) is 0 Å². The first-order valence-electron chi connectivity index (χ1n) is 7.21. The van der Waals surface area contributed by atoms with Crippen molar-refractivity contribution >= 4 is 10.0 Å². The predicted octanol–water partition coefficient (Wildman–Crippen LogP) is 0.812. The summed E-state index contributed by atoms with van der Waals surface area (Å²) in [6, 6.07) is 5.15. The van der Waals surface area contributed by atoms with Crippen LogP contribution in [-0.2, 0) is 10.0 Å². The monoisotopic (exact) mass is 306 g/mol. The summed E-state index contributed by atoms with van der Waals surface area (Å²) in [5, 5.41) is 8.73. The summed E-state index contributed by atoms with van der Waals surface area (Å²) in [5.74, 6) is 0. The fourth-order valence-electron chi connectivity index (χ4n) is 3.09. The normalized spacial score (nSPS) is 24.2. The number of sulfonamides is 1. The molecule has 6 nitrogen and oxygen atoms in total. The molecule has 0 aliphatic carbocycles. The van der Waals surface area contributed by atoms with Gasteiger partial charge in [-0.25, -0.2) is 13.4 Å². The van der Waals surface area contributed by atoms with Crippen molar-refractivity contribution in [1.82, 2.24) is 14.2 Å². The van der Waals surface area contributed by atoms with Crippen molar-refractivity contribution in [3.05, 3.63) is 24.0 Å². The molecule has 0 aromatic carbocycles. The molecule has 1 atom stereocenters. The van der Waals surface area contributed by atoms with E-state index in [2.05, 4.69) is 9.88 Å². The van der Waals surface area contributed by atoms with E-state index >= 15 is 0 Å². The SMILES string of the molecule is N#Cc1ccc(S(=O)(=O)N2CCN3CCCCC3C2)cn1. The van der Waals surface area contributed by atoms with Gasteiger partial charge < -0.3 is 0 Å². The van der Waals surface area contributed by atoms with Crippen LogP contribution < -0.4 is 0 Å². The van der Waals surface area contributed by atoms with Crippen molar-refractivity contribution in [1.29, 1.82) is 5.26 Å². The number of nitriles is 1. The number of hydrogen-bond donors (Lipinski definition) is 0. The number of hydrogen-bond acceptors (Lipinski definition) is 5. The fourth-order valence-corrected chi connectivity index (χ4v) is 4.51. The Hall–Kier alpha value is -1.49. The summed E-state index contributed by atoms with van der Waals surface area (Å²) in [7, 11) is -3.50. The van der Waals surface area contributed by atoms with Crippen LogP contribution in [0.4, 0.5) is 0 Å². The second-order valence-electron chi connectivity index (χ2n) is 5.54. The largest absolute Gasteiger partial charge is 0.298 e. The Balaban J connectivity index is 1.79. The molecule has 2 saturated heterocycles. The Morgan fingerprint density at radius 1 is 1.24 bits per heavy atom. The lowest BCUT2D eigenvalue weighted by Crippen LogP contribution is -2.56. The number of aromatic nitrogens is 1. The minimum absolute atomic E-state index is 0.172. The van der Waals surface area contributed by atoms with Crippen LogP contribution in [-0.4, -0.2) is 54.8 Å². The van der Waals surface area contributed by atoms with Gasteiger partial charge in [-0.2, -0.15) is 9.57 Å². The maximum Gasteiger partial charge on any atom is 0.244 e. The molecule has 112 valence electrons. The van der Waals surface area contributed by atoms with E-state index in [4.69, 9.17) is 5.26 Å². The van der Waals surface area contributed by atoms with Gasteiger partial charge in [0.25, 0.3) is 0 Å². The zero-order valence-electron chi connectivity index (χ0n) is 11.8. The Bertz CT molecular complexity index is 651. The summed E-state index contributed by atoms with van der Waals surface area (Å²) in [4.78, 5) is 6.43. The zero-order chi connectivity index (χ0) is 14.9. The van der Waals surface area contributed by atoms with Gasteiger partial charge in [0.15, 0.2) is 0 Å². The average molecular weight is 306 g/mol. The molecular formula is C14H18N4O2S. The quantitative estimate of drug-likeness (QED) is 0.808. The standard InChI is InChI=1S/C14H18N4O2S/c15-9-12-4-5-14(10-16-12)21(19,20)18-8-7-17-6-2-1-3-13(17)11-18/h4-5,10,13H,1-3,6-8,11H2. The Kier molecular flexibility index (Phi) is 3.93. The first-order chi connectivity index (χ1) is 10.1. The highest BCUT2D eigenvalue weighted by molar-refractivity contribution is 7.89. The minimum atomic E-state index is -3.50. The number of pyridine rings is 1. The van der Waals surface area contributed by atoms with E-state index in [0.717, 1.165) is 19.5 Å². The van der Waals surface area contributed by atoms with E-state index in [-0.39, 0.29) is 10.6 Å². The summed E-state index contributed by atoms with van der Waals surface area (Å²) >= 11 is 0. The van der Waals surface area contributed by atoms with Crippen LogP contribution >= 0.6 is 0 Å². The predicted molar refractivity (Wildman–Crippen MR) is 76.9 cm³/mol. The Morgan fingerprint density at radius 2 is 2.10 bits per heavy atom. The third-order valence-corrected chi connectivity index (χ3v) is 6.14. The lowest BCUT2D eigenvalue weighted by Gasteiger charge is -2.43. The molecule has 1 aromatic heterocycles. The van der Waals surface area contributed by atoms with E-state index in [9.17, 15) is 8.42 Å². The molecule has 21 heavy (non-hydrogen) atoms. The number of piperidine rings is 1. The molecule has 7 heteroatoms. The summed E-state index contributed by atoms with van der Waals surface area (Å²) in [5.41, 5.74) is 0.228. The number of piperazine rings is 1. The summed E-state index contributed by atoms with van der Waals surface area (Å²) < 4.78 is 26.8. The third-order valence-electron chi connectivity index (χ3n) is 4.29. The van der Waals surface area contributed by atoms with Crippen molar-refractivity contribution < 1.29 is 8.42 Å². The van der Waals surface area contributed by atoms with Crippen LogP contribution in [0.2, 0.25) is 0 Å². The van der Waals surface area contributed by atoms with Crippen LogP contribution in [0.1, 0.15) is 25.0 Å². The second kappa shape index (κ2) is 5.72.